The van der Waals surface area contributed by atoms with Crippen LogP contribution in [0.1, 0.15) is 26.3 Å². The van der Waals surface area contributed by atoms with Crippen molar-refractivity contribution in [3.8, 4) is 11.3 Å². The van der Waals surface area contributed by atoms with Gasteiger partial charge in [-0.15, -0.1) is 0 Å². The number of carbonyl (C=O) groups is 1. The lowest BCUT2D eigenvalue weighted by molar-refractivity contribution is 0.0523. The van der Waals surface area contributed by atoms with Crippen molar-refractivity contribution < 1.29 is 9.53 Å². The topological polar surface area (TPSA) is 115 Å². The average molecular weight is 417 g/mol. The van der Waals surface area contributed by atoms with E-state index in [1.165, 1.54) is 6.20 Å². The van der Waals surface area contributed by atoms with Gasteiger partial charge >= 0.3 is 6.09 Å². The van der Waals surface area contributed by atoms with Crippen molar-refractivity contribution >= 4 is 29.9 Å². The third kappa shape index (κ3) is 7.08. The largest absolute Gasteiger partial charge is 0.444 e. The van der Waals surface area contributed by atoms with Crippen molar-refractivity contribution in [3.05, 3.63) is 52.9 Å². The molecule has 0 radical (unpaired) electrons. The lowest BCUT2D eigenvalue weighted by atomic mass is 10.1. The van der Waals surface area contributed by atoms with Crippen molar-refractivity contribution in [2.75, 3.05) is 12.4 Å². The molecule has 2 aromatic rings. The van der Waals surface area contributed by atoms with Crippen LogP contribution in [0.3, 0.4) is 0 Å². The van der Waals surface area contributed by atoms with Gasteiger partial charge in [0.15, 0.2) is 0 Å². The minimum absolute atomic E-state index is 0.256. The number of rotatable bonds is 6. The first kappa shape index (κ1) is 22.2. The van der Waals surface area contributed by atoms with Gasteiger partial charge in [-0.1, -0.05) is 23.7 Å². The highest BCUT2D eigenvalue weighted by molar-refractivity contribution is 6.31. The maximum Gasteiger partial charge on any atom is 0.407 e. The predicted molar refractivity (Wildman–Crippen MR) is 116 cm³/mol. The Bertz CT molecular complexity index is 921. The molecule has 0 fully saturated rings. The second kappa shape index (κ2) is 9.88. The molecule has 1 amide bonds. The van der Waals surface area contributed by atoms with Crippen LogP contribution >= 0.6 is 11.6 Å². The zero-order valence-corrected chi connectivity index (χ0v) is 17.6. The quantitative estimate of drug-likeness (QED) is 0.618. The summed E-state index contributed by atoms with van der Waals surface area (Å²) >= 11 is 6.39. The fourth-order valence-electron chi connectivity index (χ4n) is 2.30. The van der Waals surface area contributed by atoms with Crippen molar-refractivity contribution in [1.82, 2.24) is 15.3 Å². The maximum absolute atomic E-state index is 11.8. The molecule has 0 aliphatic carbocycles. The van der Waals surface area contributed by atoms with Gasteiger partial charge < -0.3 is 21.1 Å². The van der Waals surface area contributed by atoms with Crippen LogP contribution in [-0.4, -0.2) is 34.9 Å². The standard InChI is InChI=1S/C20H25ClN6O2/c1-20(2,3)29-19(28)25-11-14-6-5-13(9-16(14)21)17-7-8-24-18(27-17)26-15(10-22)12-23-4/h5-10,12H,11,22H2,1-4H3,(H,25,28)(H,24,26,27). The summed E-state index contributed by atoms with van der Waals surface area (Å²) in [5.41, 5.74) is 7.82. The second-order valence-electron chi connectivity index (χ2n) is 7.06. The van der Waals surface area contributed by atoms with Crippen molar-refractivity contribution in [2.24, 2.45) is 10.7 Å². The lowest BCUT2D eigenvalue weighted by Gasteiger charge is -2.19. The fourth-order valence-corrected chi connectivity index (χ4v) is 2.54. The van der Waals surface area contributed by atoms with E-state index in [9.17, 15) is 4.79 Å². The minimum atomic E-state index is -0.557. The molecule has 8 nitrogen and oxygen atoms in total. The Kier molecular flexibility index (Phi) is 7.55. The van der Waals surface area contributed by atoms with E-state index in [1.807, 2.05) is 12.1 Å². The summed E-state index contributed by atoms with van der Waals surface area (Å²) in [6.07, 6.45) is 4.09. The molecule has 0 atom stereocenters. The Morgan fingerprint density at radius 1 is 1.34 bits per heavy atom. The number of alkyl carbamates (subject to hydrolysis) is 1. The molecule has 0 bridgehead atoms. The van der Waals surface area contributed by atoms with Crippen molar-refractivity contribution in [2.45, 2.75) is 32.9 Å². The first-order chi connectivity index (χ1) is 13.7. The molecule has 1 aromatic heterocycles. The molecule has 29 heavy (non-hydrogen) atoms. The molecule has 0 spiro atoms. The van der Waals surface area contributed by atoms with Gasteiger partial charge in [0.2, 0.25) is 5.95 Å². The van der Waals surface area contributed by atoms with Gasteiger partial charge in [-0.25, -0.2) is 14.8 Å². The smallest absolute Gasteiger partial charge is 0.407 e. The molecular formula is C20H25ClN6O2. The van der Waals surface area contributed by atoms with E-state index >= 15 is 0 Å². The first-order valence-electron chi connectivity index (χ1n) is 8.91. The molecule has 0 unspecified atom stereocenters. The Balaban J connectivity index is 2.12. The van der Waals surface area contributed by atoms with Gasteiger partial charge in [-0.3, -0.25) is 4.99 Å². The number of benzene rings is 1. The Morgan fingerprint density at radius 3 is 2.72 bits per heavy atom. The van der Waals surface area contributed by atoms with E-state index in [2.05, 4.69) is 25.6 Å². The highest BCUT2D eigenvalue weighted by Gasteiger charge is 2.16. The van der Waals surface area contributed by atoms with E-state index in [0.29, 0.717) is 22.4 Å². The number of nitrogens with zero attached hydrogens (tertiary/aromatic N) is 3. The molecule has 154 valence electrons. The van der Waals surface area contributed by atoms with Gasteiger partial charge in [0.25, 0.3) is 0 Å². The lowest BCUT2D eigenvalue weighted by Crippen LogP contribution is -2.32. The Labute approximate surface area is 175 Å². The van der Waals surface area contributed by atoms with Crippen LogP contribution in [0.15, 0.2) is 47.4 Å². The fraction of sp³-hybridized carbons (Fsp3) is 0.300. The molecule has 2 rings (SSSR count). The summed E-state index contributed by atoms with van der Waals surface area (Å²) in [6.45, 7) is 5.67. The third-order valence-corrected chi connectivity index (χ3v) is 3.88. The number of carbonyl (C=O) groups excluding carboxylic acids is 1. The number of ether oxygens (including phenoxy) is 1. The number of hydrogen-bond donors (Lipinski definition) is 3. The van der Waals surface area contributed by atoms with Crippen LogP contribution < -0.4 is 16.4 Å². The molecule has 4 N–H and O–H groups in total. The normalized spacial score (nSPS) is 12.1. The second-order valence-corrected chi connectivity index (χ2v) is 7.47. The molecule has 0 aliphatic heterocycles. The number of halogens is 1. The number of nitrogens with two attached hydrogens (primary N) is 1. The molecule has 0 aliphatic rings. The number of aliphatic imine (C=N–C) groups is 1. The van der Waals surface area contributed by atoms with Gasteiger partial charge in [-0.2, -0.15) is 0 Å². The predicted octanol–water partition coefficient (Wildman–Crippen LogP) is 3.73. The zero-order valence-electron chi connectivity index (χ0n) is 16.9. The van der Waals surface area contributed by atoms with E-state index in [1.54, 1.807) is 52.4 Å². The third-order valence-electron chi connectivity index (χ3n) is 3.53. The number of nitrogens with one attached hydrogen (secondary N) is 2. The highest BCUT2D eigenvalue weighted by atomic mass is 35.5. The number of anilines is 1. The molecule has 9 heteroatoms. The van der Waals surface area contributed by atoms with E-state index in [-0.39, 0.29) is 6.54 Å². The van der Waals surface area contributed by atoms with Gasteiger partial charge in [0.05, 0.1) is 11.4 Å². The van der Waals surface area contributed by atoms with Crippen molar-refractivity contribution in [3.63, 3.8) is 0 Å². The summed E-state index contributed by atoms with van der Waals surface area (Å²) < 4.78 is 5.22. The summed E-state index contributed by atoms with van der Waals surface area (Å²) in [6, 6.07) is 7.26. The molecule has 1 heterocycles. The summed E-state index contributed by atoms with van der Waals surface area (Å²) in [4.78, 5) is 24.4. The van der Waals surface area contributed by atoms with Crippen LogP contribution in [0.5, 0.6) is 0 Å². The number of hydrogen-bond acceptors (Lipinski definition) is 7. The van der Waals surface area contributed by atoms with Gasteiger partial charge in [-0.05, 0) is 38.5 Å². The van der Waals surface area contributed by atoms with Crippen LogP contribution in [-0.2, 0) is 11.3 Å². The molecule has 0 saturated heterocycles. The van der Waals surface area contributed by atoms with E-state index in [0.717, 1.165) is 11.1 Å². The van der Waals surface area contributed by atoms with E-state index in [4.69, 9.17) is 22.1 Å². The minimum Gasteiger partial charge on any atom is -0.444 e. The van der Waals surface area contributed by atoms with Gasteiger partial charge in [0.1, 0.15) is 5.60 Å². The zero-order chi connectivity index (χ0) is 21.4. The van der Waals surface area contributed by atoms with Crippen LogP contribution in [0.4, 0.5) is 10.7 Å². The van der Waals surface area contributed by atoms with Crippen LogP contribution in [0, 0.1) is 0 Å². The summed E-state index contributed by atoms with van der Waals surface area (Å²) in [5, 5.41) is 6.19. The molecular weight excluding hydrogens is 392 g/mol. The summed E-state index contributed by atoms with van der Waals surface area (Å²) in [5.74, 6) is 0.380. The average Bonchev–Trinajstić information content (AvgIpc) is 2.65. The van der Waals surface area contributed by atoms with E-state index < -0.39 is 11.7 Å². The van der Waals surface area contributed by atoms with Gasteiger partial charge in [0, 0.05) is 42.8 Å². The maximum atomic E-state index is 11.8. The van der Waals surface area contributed by atoms with Crippen molar-refractivity contribution in [1.29, 1.82) is 0 Å². The Hall–Kier alpha value is -3.13. The first-order valence-corrected chi connectivity index (χ1v) is 9.29. The SMILES string of the molecule is CN=CC(=CN)Nc1nccc(-c2ccc(CNC(=O)OC(C)(C)C)c(Cl)c2)n1. The molecule has 0 saturated carbocycles. The number of aromatic nitrogens is 2. The number of allylic oxidation sites excluding steroid dienone is 1. The number of amides is 1. The molecule has 1 aromatic carbocycles. The monoisotopic (exact) mass is 416 g/mol. The summed E-state index contributed by atoms with van der Waals surface area (Å²) in [7, 11) is 1.64. The Morgan fingerprint density at radius 2 is 2.10 bits per heavy atom. The highest BCUT2D eigenvalue weighted by Crippen LogP contribution is 2.25. The van der Waals surface area contributed by atoms with Crippen LogP contribution in [0.25, 0.3) is 11.3 Å². The van der Waals surface area contributed by atoms with Crippen LogP contribution in [0.2, 0.25) is 5.02 Å².